The highest BCUT2D eigenvalue weighted by atomic mass is 79.9. The number of halogens is 2. The number of carbonyl (C=O) groups is 4. The fourth-order valence-electron chi connectivity index (χ4n) is 5.14. The quantitative estimate of drug-likeness (QED) is 0.248. The van der Waals surface area contributed by atoms with Crippen LogP contribution in [0.5, 0.6) is 0 Å². The van der Waals surface area contributed by atoms with E-state index in [1.807, 2.05) is 19.1 Å². The Bertz CT molecular complexity index is 885. The van der Waals surface area contributed by atoms with E-state index in [9.17, 15) is 19.2 Å². The lowest BCUT2D eigenvalue weighted by Crippen LogP contribution is -2.46. The number of rotatable bonds is 5. The van der Waals surface area contributed by atoms with Crippen molar-refractivity contribution in [2.75, 3.05) is 0 Å². The molecular formula is C22H23Br2NO5. The smallest absolute Gasteiger partial charge is 0.329 e. The van der Waals surface area contributed by atoms with Crippen molar-refractivity contribution < 1.29 is 23.9 Å². The molecule has 2 bridgehead atoms. The molecule has 1 saturated heterocycles. The van der Waals surface area contributed by atoms with Crippen LogP contribution in [0.1, 0.15) is 36.2 Å². The third-order valence-corrected chi connectivity index (χ3v) is 9.95. The Morgan fingerprint density at radius 3 is 2.00 bits per heavy atom. The summed E-state index contributed by atoms with van der Waals surface area (Å²) in [6, 6.07) is 5.93. The first kappa shape index (κ1) is 21.7. The van der Waals surface area contributed by atoms with E-state index in [0.717, 1.165) is 16.9 Å². The van der Waals surface area contributed by atoms with Gasteiger partial charge in [-0.25, -0.2) is 4.79 Å². The number of amides is 2. The number of likely N-dealkylation sites (tertiary alicyclic amines) is 1. The Kier molecular flexibility index (Phi) is 5.68. The van der Waals surface area contributed by atoms with Gasteiger partial charge >= 0.3 is 5.97 Å². The number of aryl methyl sites for hydroxylation is 1. The van der Waals surface area contributed by atoms with Gasteiger partial charge in [-0.15, -0.1) is 0 Å². The largest absolute Gasteiger partial charge is 0.453 e. The first-order chi connectivity index (χ1) is 14.1. The summed E-state index contributed by atoms with van der Waals surface area (Å²) in [5, 5.41) is 0. The first-order valence-corrected chi connectivity index (χ1v) is 11.9. The number of benzene rings is 1. The summed E-state index contributed by atoms with van der Waals surface area (Å²) in [5.41, 5.74) is 1.46. The van der Waals surface area contributed by atoms with Gasteiger partial charge in [-0.2, -0.15) is 0 Å². The van der Waals surface area contributed by atoms with Crippen LogP contribution in [0.3, 0.4) is 0 Å². The number of hydrogen-bond acceptors (Lipinski definition) is 5. The van der Waals surface area contributed by atoms with Crippen molar-refractivity contribution in [2.24, 2.45) is 23.7 Å². The van der Waals surface area contributed by atoms with Crippen LogP contribution in [0.4, 0.5) is 0 Å². The van der Waals surface area contributed by atoms with Crippen LogP contribution in [0.2, 0.25) is 0 Å². The van der Waals surface area contributed by atoms with Crippen LogP contribution in [-0.4, -0.2) is 50.3 Å². The second-order valence-electron chi connectivity index (χ2n) is 8.54. The molecule has 0 spiro atoms. The Morgan fingerprint density at radius 1 is 1.00 bits per heavy atom. The lowest BCUT2D eigenvalue weighted by atomic mass is 9.81. The number of Topliss-reactive ketones (excluding diaryl/α,β-unsaturated/α-hetero) is 1. The lowest BCUT2D eigenvalue weighted by molar-refractivity contribution is -0.160. The minimum Gasteiger partial charge on any atom is -0.453 e. The number of ether oxygens (including phenoxy) is 1. The lowest BCUT2D eigenvalue weighted by Gasteiger charge is -2.28. The summed E-state index contributed by atoms with van der Waals surface area (Å²) >= 11 is 7.30. The van der Waals surface area contributed by atoms with E-state index < -0.39 is 18.1 Å². The second-order valence-corrected chi connectivity index (χ2v) is 10.7. The molecule has 3 fully saturated rings. The second kappa shape index (κ2) is 7.86. The van der Waals surface area contributed by atoms with Gasteiger partial charge in [0.25, 0.3) is 0 Å². The van der Waals surface area contributed by atoms with Crippen molar-refractivity contribution in [3.63, 3.8) is 0 Å². The Hall–Kier alpha value is -1.54. The van der Waals surface area contributed by atoms with E-state index in [1.165, 1.54) is 13.8 Å². The monoisotopic (exact) mass is 539 g/mol. The maximum atomic E-state index is 13.1. The van der Waals surface area contributed by atoms with Crippen molar-refractivity contribution >= 4 is 55.4 Å². The van der Waals surface area contributed by atoms with E-state index in [-0.39, 0.29) is 50.9 Å². The van der Waals surface area contributed by atoms with Crippen LogP contribution in [0, 0.1) is 30.6 Å². The third-order valence-electron chi connectivity index (χ3n) is 6.75. The van der Waals surface area contributed by atoms with Crippen LogP contribution in [0.15, 0.2) is 24.3 Å². The maximum Gasteiger partial charge on any atom is 0.329 e. The molecule has 160 valence electrons. The fourth-order valence-corrected chi connectivity index (χ4v) is 7.01. The molecule has 1 aromatic carbocycles. The van der Waals surface area contributed by atoms with Gasteiger partial charge in [0, 0.05) is 15.2 Å². The number of alkyl halides is 2. The molecular weight excluding hydrogens is 518 g/mol. The van der Waals surface area contributed by atoms with E-state index in [0.29, 0.717) is 5.56 Å². The average molecular weight is 541 g/mol. The minimum absolute atomic E-state index is 0.0797. The Morgan fingerprint density at radius 2 is 1.50 bits per heavy atom. The van der Waals surface area contributed by atoms with Crippen LogP contribution in [0.25, 0.3) is 0 Å². The molecule has 1 aromatic rings. The van der Waals surface area contributed by atoms with Gasteiger partial charge < -0.3 is 4.74 Å². The predicted octanol–water partition coefficient (Wildman–Crippen LogP) is 3.28. The topological polar surface area (TPSA) is 80.8 Å². The van der Waals surface area contributed by atoms with Crippen LogP contribution >= 0.6 is 31.9 Å². The molecule has 1 heterocycles. The molecule has 8 atom stereocenters. The molecule has 6 nitrogen and oxygen atoms in total. The molecule has 2 saturated carbocycles. The molecule has 0 unspecified atom stereocenters. The third kappa shape index (κ3) is 3.27. The number of nitrogens with zero attached hydrogens (tertiary/aromatic N) is 1. The van der Waals surface area contributed by atoms with Gasteiger partial charge in [-0.1, -0.05) is 61.7 Å². The minimum atomic E-state index is -1.06. The highest BCUT2D eigenvalue weighted by Gasteiger charge is 2.67. The zero-order valence-corrected chi connectivity index (χ0v) is 20.1. The van der Waals surface area contributed by atoms with Crippen molar-refractivity contribution in [3.8, 4) is 0 Å². The zero-order chi connectivity index (χ0) is 21.9. The maximum absolute atomic E-state index is 13.1. The standard InChI is InChI=1S/C22H23Br2NO5/c1-9-4-6-12(7-5-9)19(26)11(3)30-22(29)10(2)25-20(27)15-13-8-14(16(15)21(25)28)18(24)17(13)23/h4-7,10-11,13-18H,8H2,1-3H3/t10-,11-,13+,14+,15+,16+,17-,18+/m0/s1. The average Bonchev–Trinajstić information content (AvgIpc) is 3.32. The molecule has 0 N–H and O–H groups in total. The number of fused-ring (bicyclic) bond motifs is 5. The number of esters is 1. The zero-order valence-electron chi connectivity index (χ0n) is 16.9. The van der Waals surface area contributed by atoms with Crippen molar-refractivity contribution in [2.45, 2.75) is 49.0 Å². The molecule has 2 aliphatic carbocycles. The molecule has 4 rings (SSSR count). The molecule has 3 aliphatic rings. The molecule has 0 radical (unpaired) electrons. The van der Waals surface area contributed by atoms with E-state index >= 15 is 0 Å². The van der Waals surface area contributed by atoms with Gasteiger partial charge in [0.05, 0.1) is 11.8 Å². The van der Waals surface area contributed by atoms with Crippen LogP contribution in [-0.2, 0) is 19.1 Å². The van der Waals surface area contributed by atoms with E-state index in [1.54, 1.807) is 12.1 Å². The van der Waals surface area contributed by atoms with Crippen molar-refractivity contribution in [1.82, 2.24) is 4.90 Å². The number of imide groups is 1. The summed E-state index contributed by atoms with van der Waals surface area (Å²) < 4.78 is 5.35. The van der Waals surface area contributed by atoms with Crippen molar-refractivity contribution in [3.05, 3.63) is 35.4 Å². The molecule has 30 heavy (non-hydrogen) atoms. The SMILES string of the molecule is Cc1ccc(C(=O)[C@H](C)OC(=O)[C@H](C)N2C(=O)[C@@H]3[C@H]4C[C@@H]([C@@H](Br)[C@H]4Br)[C@H]3C2=O)cc1. The summed E-state index contributed by atoms with van der Waals surface area (Å²) in [6.07, 6.45) is -0.182. The van der Waals surface area contributed by atoms with Gasteiger partial charge in [-0.05, 0) is 39.0 Å². The Balaban J connectivity index is 1.45. The molecule has 0 aromatic heterocycles. The van der Waals surface area contributed by atoms with Crippen molar-refractivity contribution in [1.29, 1.82) is 0 Å². The summed E-state index contributed by atoms with van der Waals surface area (Å²) in [7, 11) is 0. The summed E-state index contributed by atoms with van der Waals surface area (Å²) in [6.45, 7) is 4.91. The summed E-state index contributed by atoms with van der Waals surface area (Å²) in [5.74, 6) is -2.29. The van der Waals surface area contributed by atoms with E-state index in [2.05, 4.69) is 31.9 Å². The predicted molar refractivity (Wildman–Crippen MR) is 116 cm³/mol. The van der Waals surface area contributed by atoms with E-state index in [4.69, 9.17) is 4.74 Å². The van der Waals surface area contributed by atoms with Gasteiger partial charge in [0.15, 0.2) is 6.10 Å². The van der Waals surface area contributed by atoms with Gasteiger partial charge in [0.1, 0.15) is 6.04 Å². The first-order valence-electron chi connectivity index (χ1n) is 10.1. The van der Waals surface area contributed by atoms with Gasteiger partial charge in [-0.3, -0.25) is 19.3 Å². The molecule has 8 heteroatoms. The van der Waals surface area contributed by atoms with Gasteiger partial charge in [0.2, 0.25) is 17.6 Å². The molecule has 1 aliphatic heterocycles. The Labute approximate surface area is 192 Å². The number of carbonyl (C=O) groups excluding carboxylic acids is 4. The van der Waals surface area contributed by atoms with Crippen LogP contribution < -0.4 is 0 Å². The highest BCUT2D eigenvalue weighted by molar-refractivity contribution is 9.12. The number of hydrogen-bond donors (Lipinski definition) is 0. The highest BCUT2D eigenvalue weighted by Crippen LogP contribution is 2.60. The summed E-state index contributed by atoms with van der Waals surface area (Å²) in [4.78, 5) is 52.7. The number of ketones is 1. The normalized spacial score (nSPS) is 34.1. The fraction of sp³-hybridized carbons (Fsp3) is 0.545. The molecule has 2 amide bonds.